The first-order valence-corrected chi connectivity index (χ1v) is 7.35. The Balaban J connectivity index is 1.85. The van der Waals surface area contributed by atoms with Gasteiger partial charge in [-0.05, 0) is 30.9 Å². The number of carboxylic acids is 1. The lowest BCUT2D eigenvalue weighted by molar-refractivity contribution is 0.0690. The molecule has 0 spiro atoms. The molecule has 0 aromatic carbocycles. The van der Waals surface area contributed by atoms with E-state index in [-0.39, 0.29) is 17.8 Å². The van der Waals surface area contributed by atoms with Crippen molar-refractivity contribution in [3.8, 4) is 0 Å². The van der Waals surface area contributed by atoms with E-state index in [2.05, 4.69) is 22.5 Å². The first-order chi connectivity index (χ1) is 10.1. The number of aromatic carboxylic acids is 1. The summed E-state index contributed by atoms with van der Waals surface area (Å²) in [5, 5.41) is 14.4. The van der Waals surface area contributed by atoms with E-state index in [4.69, 9.17) is 5.11 Å². The van der Waals surface area contributed by atoms with Crippen LogP contribution in [0.15, 0.2) is 18.3 Å². The zero-order chi connectivity index (χ0) is 15.2. The number of carbonyl (C=O) groups excluding carboxylic acids is 1. The van der Waals surface area contributed by atoms with E-state index in [0.29, 0.717) is 11.6 Å². The maximum Gasteiger partial charge on any atom is 0.354 e. The Kier molecular flexibility index (Phi) is 5.14. The van der Waals surface area contributed by atoms with Crippen LogP contribution in [0.2, 0.25) is 0 Å². The van der Waals surface area contributed by atoms with E-state index < -0.39 is 5.97 Å². The summed E-state index contributed by atoms with van der Waals surface area (Å²) < 4.78 is 0. The average Bonchev–Trinajstić information content (AvgIpc) is 2.47. The summed E-state index contributed by atoms with van der Waals surface area (Å²) in [6, 6.07) is 2.86. The third-order valence-corrected chi connectivity index (χ3v) is 3.94. The van der Waals surface area contributed by atoms with E-state index in [1.165, 1.54) is 24.8 Å². The second-order valence-electron chi connectivity index (χ2n) is 5.47. The second-order valence-corrected chi connectivity index (χ2v) is 5.47. The molecule has 21 heavy (non-hydrogen) atoms. The number of hydrogen-bond donors (Lipinski definition) is 3. The number of rotatable bonds is 4. The van der Waals surface area contributed by atoms with Crippen LogP contribution in [-0.2, 0) is 0 Å². The molecule has 1 heterocycles. The molecule has 1 aromatic heterocycles. The SMILES string of the molecule is CCC1CCCC(NC(=O)Nc2ccc(C(=O)O)nc2)C1. The minimum atomic E-state index is -1.08. The molecule has 0 radical (unpaired) electrons. The largest absolute Gasteiger partial charge is 0.477 e. The van der Waals surface area contributed by atoms with Crippen molar-refractivity contribution in [2.45, 2.75) is 45.1 Å². The quantitative estimate of drug-likeness (QED) is 0.795. The number of amides is 2. The van der Waals surface area contributed by atoms with Gasteiger partial charge in [-0.1, -0.05) is 26.2 Å². The van der Waals surface area contributed by atoms with Gasteiger partial charge in [0.15, 0.2) is 0 Å². The smallest absolute Gasteiger partial charge is 0.354 e. The number of hydrogen-bond acceptors (Lipinski definition) is 3. The van der Waals surface area contributed by atoms with Crippen LogP contribution in [0, 0.1) is 5.92 Å². The van der Waals surface area contributed by atoms with Gasteiger partial charge >= 0.3 is 12.0 Å². The molecule has 6 heteroatoms. The number of anilines is 1. The maximum atomic E-state index is 11.9. The van der Waals surface area contributed by atoms with Crippen LogP contribution in [-0.4, -0.2) is 28.1 Å². The van der Waals surface area contributed by atoms with Crippen molar-refractivity contribution in [3.05, 3.63) is 24.0 Å². The number of aromatic nitrogens is 1. The molecular formula is C15H21N3O3. The molecule has 3 N–H and O–H groups in total. The highest BCUT2D eigenvalue weighted by molar-refractivity contribution is 5.90. The van der Waals surface area contributed by atoms with Gasteiger partial charge < -0.3 is 15.7 Å². The Labute approximate surface area is 124 Å². The van der Waals surface area contributed by atoms with E-state index >= 15 is 0 Å². The fraction of sp³-hybridized carbons (Fsp3) is 0.533. The lowest BCUT2D eigenvalue weighted by atomic mass is 9.84. The molecular weight excluding hydrogens is 270 g/mol. The second kappa shape index (κ2) is 7.06. The van der Waals surface area contributed by atoms with Crippen molar-refractivity contribution in [2.75, 3.05) is 5.32 Å². The van der Waals surface area contributed by atoms with E-state index in [1.54, 1.807) is 0 Å². The van der Waals surface area contributed by atoms with Crippen molar-refractivity contribution in [2.24, 2.45) is 5.92 Å². The first kappa shape index (κ1) is 15.3. The topological polar surface area (TPSA) is 91.3 Å². The van der Waals surface area contributed by atoms with Gasteiger partial charge in [0.05, 0.1) is 11.9 Å². The van der Waals surface area contributed by atoms with Crippen LogP contribution in [0.4, 0.5) is 10.5 Å². The normalized spacial score (nSPS) is 21.6. The molecule has 0 bridgehead atoms. The molecule has 2 rings (SSSR count). The Morgan fingerprint density at radius 2 is 2.19 bits per heavy atom. The lowest BCUT2D eigenvalue weighted by Gasteiger charge is -2.29. The molecule has 2 amide bonds. The molecule has 0 saturated heterocycles. The number of carboxylic acid groups (broad SMARTS) is 1. The van der Waals surface area contributed by atoms with E-state index in [9.17, 15) is 9.59 Å². The van der Waals surface area contributed by atoms with Gasteiger partial charge in [0.2, 0.25) is 0 Å². The van der Waals surface area contributed by atoms with Gasteiger partial charge in [0.25, 0.3) is 0 Å². The van der Waals surface area contributed by atoms with Gasteiger partial charge in [0, 0.05) is 6.04 Å². The number of carbonyl (C=O) groups is 2. The molecule has 0 aliphatic heterocycles. The van der Waals surface area contributed by atoms with E-state index in [0.717, 1.165) is 25.7 Å². The molecule has 2 atom stereocenters. The van der Waals surface area contributed by atoms with Gasteiger partial charge in [-0.25, -0.2) is 14.6 Å². The summed E-state index contributed by atoms with van der Waals surface area (Å²) in [4.78, 5) is 26.4. The summed E-state index contributed by atoms with van der Waals surface area (Å²) >= 11 is 0. The first-order valence-electron chi connectivity index (χ1n) is 7.35. The Morgan fingerprint density at radius 3 is 2.81 bits per heavy atom. The summed E-state index contributed by atoms with van der Waals surface area (Å²) in [5.41, 5.74) is 0.444. The molecule has 1 aliphatic rings. The van der Waals surface area contributed by atoms with Crippen LogP contribution < -0.4 is 10.6 Å². The molecule has 1 saturated carbocycles. The fourth-order valence-corrected chi connectivity index (χ4v) is 2.74. The molecule has 114 valence electrons. The minimum absolute atomic E-state index is 0.0426. The highest BCUT2D eigenvalue weighted by Crippen LogP contribution is 2.26. The zero-order valence-electron chi connectivity index (χ0n) is 12.1. The number of pyridine rings is 1. The van der Waals surface area contributed by atoms with Crippen molar-refractivity contribution < 1.29 is 14.7 Å². The van der Waals surface area contributed by atoms with E-state index in [1.807, 2.05) is 0 Å². The standard InChI is InChI=1S/C15H21N3O3/c1-2-10-4-3-5-11(8-10)17-15(21)18-12-6-7-13(14(19)20)16-9-12/h6-7,9-11H,2-5,8H2,1H3,(H,19,20)(H2,17,18,21). The van der Waals surface area contributed by atoms with Gasteiger partial charge in [-0.2, -0.15) is 0 Å². The summed E-state index contributed by atoms with van der Waals surface area (Å²) in [6.07, 6.45) is 6.94. The van der Waals surface area contributed by atoms with Crippen LogP contribution in [0.1, 0.15) is 49.5 Å². The van der Waals surface area contributed by atoms with Crippen molar-refractivity contribution >= 4 is 17.7 Å². The fourth-order valence-electron chi connectivity index (χ4n) is 2.74. The van der Waals surface area contributed by atoms with Gasteiger partial charge in [-0.3, -0.25) is 0 Å². The zero-order valence-corrected chi connectivity index (χ0v) is 12.1. The van der Waals surface area contributed by atoms with Crippen molar-refractivity contribution in [1.29, 1.82) is 0 Å². The summed E-state index contributed by atoms with van der Waals surface area (Å²) in [7, 11) is 0. The summed E-state index contributed by atoms with van der Waals surface area (Å²) in [6.45, 7) is 2.18. The number of urea groups is 1. The molecule has 2 unspecified atom stereocenters. The molecule has 1 aliphatic carbocycles. The van der Waals surface area contributed by atoms with Gasteiger partial charge in [-0.15, -0.1) is 0 Å². The number of nitrogens with zero attached hydrogens (tertiary/aromatic N) is 1. The van der Waals surface area contributed by atoms with Crippen molar-refractivity contribution in [3.63, 3.8) is 0 Å². The third kappa shape index (κ3) is 4.44. The third-order valence-electron chi connectivity index (χ3n) is 3.94. The monoisotopic (exact) mass is 291 g/mol. The van der Waals surface area contributed by atoms with Crippen LogP contribution in [0.25, 0.3) is 0 Å². The highest BCUT2D eigenvalue weighted by atomic mass is 16.4. The maximum absolute atomic E-state index is 11.9. The molecule has 1 aromatic rings. The Bertz CT molecular complexity index is 501. The van der Waals surface area contributed by atoms with Gasteiger partial charge in [0.1, 0.15) is 5.69 Å². The van der Waals surface area contributed by atoms with Crippen LogP contribution >= 0.6 is 0 Å². The van der Waals surface area contributed by atoms with Crippen LogP contribution in [0.3, 0.4) is 0 Å². The average molecular weight is 291 g/mol. The van der Waals surface area contributed by atoms with Crippen LogP contribution in [0.5, 0.6) is 0 Å². The van der Waals surface area contributed by atoms with Crippen molar-refractivity contribution in [1.82, 2.24) is 10.3 Å². The lowest BCUT2D eigenvalue weighted by Crippen LogP contribution is -2.40. The Hall–Kier alpha value is -2.11. The molecule has 1 fully saturated rings. The predicted octanol–water partition coefficient (Wildman–Crippen LogP) is 2.87. The highest BCUT2D eigenvalue weighted by Gasteiger charge is 2.22. The predicted molar refractivity (Wildman–Crippen MR) is 79.4 cm³/mol. The summed E-state index contributed by atoms with van der Waals surface area (Å²) in [5.74, 6) is -0.389. The molecule has 6 nitrogen and oxygen atoms in total. The minimum Gasteiger partial charge on any atom is -0.477 e. The number of nitrogens with one attached hydrogen (secondary N) is 2. The Morgan fingerprint density at radius 1 is 1.38 bits per heavy atom.